The van der Waals surface area contributed by atoms with E-state index < -0.39 is 5.60 Å². The van der Waals surface area contributed by atoms with E-state index in [4.69, 9.17) is 9.15 Å². The van der Waals surface area contributed by atoms with Crippen molar-refractivity contribution in [3.05, 3.63) is 60.1 Å². The molecule has 1 aliphatic rings. The molecule has 0 radical (unpaired) electrons. The molecule has 3 rings (SSSR count). The lowest BCUT2D eigenvalue weighted by atomic mass is 9.97. The monoisotopic (exact) mass is 428 g/mol. The molecule has 2 atom stereocenters. The third kappa shape index (κ3) is 6.32. The maximum absolute atomic E-state index is 13.3. The Kier molecular flexibility index (Phi) is 8.08. The molecule has 0 spiro atoms. The number of nitrogens with one attached hydrogen (secondary N) is 2. The second kappa shape index (κ2) is 11.0. The molecule has 8 nitrogen and oxygen atoms in total. The van der Waals surface area contributed by atoms with Crippen molar-refractivity contribution in [1.29, 1.82) is 0 Å². The predicted molar refractivity (Wildman–Crippen MR) is 119 cm³/mol. The third-order valence-corrected chi connectivity index (χ3v) is 5.24. The van der Waals surface area contributed by atoms with Crippen LogP contribution < -0.4 is 10.6 Å². The fourth-order valence-electron chi connectivity index (χ4n) is 3.47. The lowest BCUT2D eigenvalue weighted by Crippen LogP contribution is -2.47. The highest BCUT2D eigenvalue weighted by atomic mass is 16.5. The Balaban J connectivity index is 1.72. The van der Waals surface area contributed by atoms with Gasteiger partial charge in [0.05, 0.1) is 31.9 Å². The van der Waals surface area contributed by atoms with Gasteiger partial charge < -0.3 is 29.8 Å². The largest absolute Gasteiger partial charge is 0.466 e. The van der Waals surface area contributed by atoms with E-state index in [1.54, 1.807) is 19.1 Å². The zero-order chi connectivity index (χ0) is 22.1. The van der Waals surface area contributed by atoms with Gasteiger partial charge in [-0.3, -0.25) is 4.79 Å². The minimum absolute atomic E-state index is 0.0698. The molecule has 0 aliphatic carbocycles. The number of rotatable bonds is 8. The van der Waals surface area contributed by atoms with Crippen LogP contribution in [0.5, 0.6) is 0 Å². The SMILES string of the molecule is CCNC(=NCC(C)(O)c1ccco1)NCC(C(=O)N1CCOCC1)c1ccccc1. The minimum atomic E-state index is -1.23. The number of ether oxygens (including phenoxy) is 1. The fourth-order valence-corrected chi connectivity index (χ4v) is 3.47. The summed E-state index contributed by atoms with van der Waals surface area (Å²) in [5.41, 5.74) is -0.279. The molecule has 2 aromatic rings. The van der Waals surface area contributed by atoms with Gasteiger partial charge in [-0.15, -0.1) is 0 Å². The highest BCUT2D eigenvalue weighted by Gasteiger charge is 2.28. The lowest BCUT2D eigenvalue weighted by molar-refractivity contribution is -0.136. The number of nitrogens with zero attached hydrogens (tertiary/aromatic N) is 2. The van der Waals surface area contributed by atoms with Crippen LogP contribution in [0.25, 0.3) is 0 Å². The van der Waals surface area contributed by atoms with Gasteiger partial charge >= 0.3 is 0 Å². The molecule has 1 saturated heterocycles. The molecule has 31 heavy (non-hydrogen) atoms. The van der Waals surface area contributed by atoms with Crippen molar-refractivity contribution >= 4 is 11.9 Å². The summed E-state index contributed by atoms with van der Waals surface area (Å²) in [5, 5.41) is 17.1. The first-order chi connectivity index (χ1) is 15.0. The summed E-state index contributed by atoms with van der Waals surface area (Å²) < 4.78 is 10.7. The maximum Gasteiger partial charge on any atom is 0.232 e. The smallest absolute Gasteiger partial charge is 0.232 e. The average Bonchev–Trinajstić information content (AvgIpc) is 3.35. The van der Waals surface area contributed by atoms with Gasteiger partial charge in [0, 0.05) is 26.2 Å². The second-order valence-corrected chi connectivity index (χ2v) is 7.73. The van der Waals surface area contributed by atoms with Gasteiger partial charge in [0.15, 0.2) is 5.96 Å². The van der Waals surface area contributed by atoms with Gasteiger partial charge in [0.1, 0.15) is 11.4 Å². The second-order valence-electron chi connectivity index (χ2n) is 7.73. The van der Waals surface area contributed by atoms with Crippen molar-refractivity contribution in [3.63, 3.8) is 0 Å². The van der Waals surface area contributed by atoms with Crippen molar-refractivity contribution in [2.24, 2.45) is 4.99 Å². The lowest BCUT2D eigenvalue weighted by Gasteiger charge is -2.31. The van der Waals surface area contributed by atoms with Crippen LogP contribution in [0.1, 0.15) is 31.1 Å². The van der Waals surface area contributed by atoms with E-state index in [2.05, 4.69) is 15.6 Å². The van der Waals surface area contributed by atoms with Gasteiger partial charge in [-0.25, -0.2) is 4.99 Å². The number of guanidine groups is 1. The Bertz CT molecular complexity index is 831. The number of hydrogen-bond acceptors (Lipinski definition) is 5. The van der Waals surface area contributed by atoms with Gasteiger partial charge in [0.25, 0.3) is 0 Å². The first-order valence-electron chi connectivity index (χ1n) is 10.7. The molecular formula is C23H32N4O4. The van der Waals surface area contributed by atoms with E-state index >= 15 is 0 Å². The molecule has 2 heterocycles. The Morgan fingerprint density at radius 3 is 2.58 bits per heavy atom. The first kappa shape index (κ1) is 22.8. The molecule has 2 unspecified atom stereocenters. The molecule has 1 amide bonds. The number of morpholine rings is 1. The number of benzene rings is 1. The number of amides is 1. The summed E-state index contributed by atoms with van der Waals surface area (Å²) in [6, 6.07) is 13.2. The third-order valence-electron chi connectivity index (χ3n) is 5.24. The van der Waals surface area contributed by atoms with E-state index in [1.807, 2.05) is 42.2 Å². The van der Waals surface area contributed by atoms with Crippen molar-refractivity contribution in [2.45, 2.75) is 25.4 Å². The number of furan rings is 1. The fraction of sp³-hybridized carbons (Fsp3) is 0.478. The first-order valence-corrected chi connectivity index (χ1v) is 10.7. The van der Waals surface area contributed by atoms with Crippen LogP contribution in [0, 0.1) is 0 Å². The van der Waals surface area contributed by atoms with Crippen LogP contribution in [0.3, 0.4) is 0 Å². The van der Waals surface area contributed by atoms with Crippen LogP contribution >= 0.6 is 0 Å². The molecule has 0 bridgehead atoms. The summed E-state index contributed by atoms with van der Waals surface area (Å²) in [7, 11) is 0. The molecule has 168 valence electrons. The zero-order valence-electron chi connectivity index (χ0n) is 18.2. The summed E-state index contributed by atoms with van der Waals surface area (Å²) in [6.07, 6.45) is 1.53. The van der Waals surface area contributed by atoms with E-state index in [9.17, 15) is 9.90 Å². The molecular weight excluding hydrogens is 396 g/mol. The highest BCUT2D eigenvalue weighted by Crippen LogP contribution is 2.21. The van der Waals surface area contributed by atoms with Crippen molar-refractivity contribution in [2.75, 3.05) is 45.9 Å². The summed E-state index contributed by atoms with van der Waals surface area (Å²) >= 11 is 0. The zero-order valence-corrected chi connectivity index (χ0v) is 18.2. The van der Waals surface area contributed by atoms with Gasteiger partial charge in [-0.2, -0.15) is 0 Å². The van der Waals surface area contributed by atoms with Gasteiger partial charge in [-0.1, -0.05) is 30.3 Å². The van der Waals surface area contributed by atoms with Gasteiger partial charge in [0.2, 0.25) is 5.91 Å². The number of aliphatic hydroxyl groups is 1. The molecule has 8 heteroatoms. The average molecular weight is 429 g/mol. The molecule has 0 saturated carbocycles. The summed E-state index contributed by atoms with van der Waals surface area (Å²) in [4.78, 5) is 19.6. The number of carbonyl (C=O) groups is 1. The van der Waals surface area contributed by atoms with Crippen LogP contribution in [0.2, 0.25) is 0 Å². The quantitative estimate of drug-likeness (QED) is 0.437. The molecule has 3 N–H and O–H groups in total. The number of hydrogen-bond donors (Lipinski definition) is 3. The van der Waals surface area contributed by atoms with E-state index in [0.717, 1.165) is 5.56 Å². The van der Waals surface area contributed by atoms with Crippen LogP contribution in [0.15, 0.2) is 58.1 Å². The van der Waals surface area contributed by atoms with Gasteiger partial charge in [-0.05, 0) is 31.5 Å². The predicted octanol–water partition coefficient (Wildman–Crippen LogP) is 1.68. The number of aliphatic imine (C=N–C) groups is 1. The Morgan fingerprint density at radius 1 is 1.19 bits per heavy atom. The van der Waals surface area contributed by atoms with E-state index in [-0.39, 0.29) is 18.4 Å². The minimum Gasteiger partial charge on any atom is -0.466 e. The molecule has 1 aromatic heterocycles. The van der Waals surface area contributed by atoms with Crippen molar-refractivity contribution in [3.8, 4) is 0 Å². The highest BCUT2D eigenvalue weighted by molar-refractivity contribution is 5.86. The van der Waals surface area contributed by atoms with Crippen molar-refractivity contribution in [1.82, 2.24) is 15.5 Å². The number of carbonyl (C=O) groups excluding carboxylic acids is 1. The van der Waals surface area contributed by atoms with Crippen LogP contribution in [-0.4, -0.2) is 67.8 Å². The normalized spacial score (nSPS) is 17.6. The molecule has 1 aliphatic heterocycles. The molecule has 1 fully saturated rings. The maximum atomic E-state index is 13.3. The van der Waals surface area contributed by atoms with Crippen molar-refractivity contribution < 1.29 is 19.1 Å². The Morgan fingerprint density at radius 2 is 1.94 bits per heavy atom. The van der Waals surface area contributed by atoms with Crippen LogP contribution in [0.4, 0.5) is 0 Å². The van der Waals surface area contributed by atoms with Crippen LogP contribution in [-0.2, 0) is 15.1 Å². The topological polar surface area (TPSA) is 99.3 Å². The summed E-state index contributed by atoms with van der Waals surface area (Å²) in [6.45, 7) is 7.10. The molecule has 1 aromatic carbocycles. The Labute approximate surface area is 183 Å². The Hall–Kier alpha value is -2.84. The standard InChI is InChI=1S/C23H32N4O4/c1-3-24-22(26-17-23(2,29)20-10-7-13-31-20)25-16-19(18-8-5-4-6-9-18)21(28)27-11-14-30-15-12-27/h4-10,13,19,29H,3,11-12,14-17H2,1-2H3,(H2,24,25,26). The summed E-state index contributed by atoms with van der Waals surface area (Å²) in [5.74, 6) is 0.705. The van der Waals surface area contributed by atoms with E-state index in [0.29, 0.717) is 51.1 Å². The van der Waals surface area contributed by atoms with E-state index in [1.165, 1.54) is 6.26 Å².